The van der Waals surface area contributed by atoms with E-state index in [-0.39, 0.29) is 5.82 Å². The van der Waals surface area contributed by atoms with Crippen LogP contribution in [0.25, 0.3) is 0 Å². The molecule has 1 atom stereocenters. The third-order valence-electron chi connectivity index (χ3n) is 3.59. The summed E-state index contributed by atoms with van der Waals surface area (Å²) in [6.45, 7) is 4.71. The van der Waals surface area contributed by atoms with Gasteiger partial charge in [-0.1, -0.05) is 13.0 Å². The molecule has 0 saturated carbocycles. The Bertz CT molecular complexity index is 372. The SMILES string of the molecule is CC(CCN)c1ccc(N2CCCC2)c(F)c1. The fraction of sp³-hybridized carbons (Fsp3) is 0.571. The molecule has 1 aliphatic rings. The van der Waals surface area contributed by atoms with Crippen LogP contribution in [-0.4, -0.2) is 19.6 Å². The monoisotopic (exact) mass is 236 g/mol. The minimum Gasteiger partial charge on any atom is -0.369 e. The highest BCUT2D eigenvalue weighted by Gasteiger charge is 2.17. The maximum Gasteiger partial charge on any atom is 0.146 e. The molecular formula is C14H21FN2. The van der Waals surface area contributed by atoms with Gasteiger partial charge < -0.3 is 10.6 Å². The van der Waals surface area contributed by atoms with Crippen molar-refractivity contribution in [3.8, 4) is 0 Å². The van der Waals surface area contributed by atoms with Gasteiger partial charge in [0.15, 0.2) is 0 Å². The number of nitrogens with zero attached hydrogens (tertiary/aromatic N) is 1. The van der Waals surface area contributed by atoms with Gasteiger partial charge in [-0.25, -0.2) is 4.39 Å². The first kappa shape index (κ1) is 12.4. The molecule has 2 N–H and O–H groups in total. The van der Waals surface area contributed by atoms with Crippen LogP contribution in [0.5, 0.6) is 0 Å². The minimum absolute atomic E-state index is 0.0896. The Kier molecular flexibility index (Phi) is 4.00. The average Bonchev–Trinajstić information content (AvgIpc) is 2.82. The number of hydrogen-bond donors (Lipinski definition) is 1. The normalized spacial score (nSPS) is 17.5. The van der Waals surface area contributed by atoms with E-state index in [2.05, 4.69) is 11.8 Å². The first-order valence-corrected chi connectivity index (χ1v) is 6.47. The van der Waals surface area contributed by atoms with Gasteiger partial charge >= 0.3 is 0 Å². The van der Waals surface area contributed by atoms with Crippen LogP contribution in [0.1, 0.15) is 37.7 Å². The van der Waals surface area contributed by atoms with E-state index in [1.807, 2.05) is 12.1 Å². The summed E-state index contributed by atoms with van der Waals surface area (Å²) in [5.41, 5.74) is 7.34. The largest absolute Gasteiger partial charge is 0.369 e. The Balaban J connectivity index is 2.16. The van der Waals surface area contributed by atoms with Crippen molar-refractivity contribution < 1.29 is 4.39 Å². The van der Waals surface area contributed by atoms with E-state index in [4.69, 9.17) is 5.73 Å². The predicted octanol–water partition coefficient (Wildman–Crippen LogP) is 2.88. The molecule has 1 aromatic rings. The predicted molar refractivity (Wildman–Crippen MR) is 69.9 cm³/mol. The molecule has 0 amide bonds. The van der Waals surface area contributed by atoms with Gasteiger partial charge in [-0.05, 0) is 49.4 Å². The van der Waals surface area contributed by atoms with Crippen LogP contribution in [0.2, 0.25) is 0 Å². The first-order chi connectivity index (χ1) is 8.22. The van der Waals surface area contributed by atoms with Crippen molar-refractivity contribution in [2.45, 2.75) is 32.1 Å². The molecule has 94 valence electrons. The topological polar surface area (TPSA) is 29.3 Å². The Hall–Kier alpha value is -1.09. The molecular weight excluding hydrogens is 215 g/mol. The number of halogens is 1. The first-order valence-electron chi connectivity index (χ1n) is 6.47. The van der Waals surface area contributed by atoms with E-state index in [1.54, 1.807) is 6.07 Å². The Morgan fingerprint density at radius 1 is 1.35 bits per heavy atom. The fourth-order valence-corrected chi connectivity index (χ4v) is 2.46. The van der Waals surface area contributed by atoms with Gasteiger partial charge in [-0.3, -0.25) is 0 Å². The summed E-state index contributed by atoms with van der Waals surface area (Å²) in [5.74, 6) is 0.246. The summed E-state index contributed by atoms with van der Waals surface area (Å²) >= 11 is 0. The van der Waals surface area contributed by atoms with Gasteiger partial charge in [-0.2, -0.15) is 0 Å². The van der Waals surface area contributed by atoms with Crippen molar-refractivity contribution in [1.82, 2.24) is 0 Å². The van der Waals surface area contributed by atoms with Gasteiger partial charge in [0, 0.05) is 13.1 Å². The van der Waals surface area contributed by atoms with Crippen LogP contribution < -0.4 is 10.6 Å². The van der Waals surface area contributed by atoms with Crippen LogP contribution in [0, 0.1) is 5.82 Å². The minimum atomic E-state index is -0.0896. The van der Waals surface area contributed by atoms with Crippen molar-refractivity contribution in [2.75, 3.05) is 24.5 Å². The zero-order valence-corrected chi connectivity index (χ0v) is 10.5. The van der Waals surface area contributed by atoms with Crippen LogP contribution in [0.3, 0.4) is 0 Å². The number of rotatable bonds is 4. The quantitative estimate of drug-likeness (QED) is 0.871. The Morgan fingerprint density at radius 3 is 2.65 bits per heavy atom. The molecule has 1 saturated heterocycles. The molecule has 0 radical (unpaired) electrons. The van der Waals surface area contributed by atoms with E-state index in [0.717, 1.165) is 30.8 Å². The molecule has 0 aromatic heterocycles. The summed E-state index contributed by atoms with van der Waals surface area (Å²) in [6, 6.07) is 5.63. The lowest BCUT2D eigenvalue weighted by Gasteiger charge is -2.20. The van der Waals surface area contributed by atoms with Crippen LogP contribution in [0.4, 0.5) is 10.1 Å². The average molecular weight is 236 g/mol. The van der Waals surface area contributed by atoms with Crippen molar-refractivity contribution in [1.29, 1.82) is 0 Å². The molecule has 2 rings (SSSR count). The molecule has 0 bridgehead atoms. The summed E-state index contributed by atoms with van der Waals surface area (Å²) < 4.78 is 14.0. The number of hydrogen-bond acceptors (Lipinski definition) is 2. The van der Waals surface area contributed by atoms with E-state index < -0.39 is 0 Å². The van der Waals surface area contributed by atoms with E-state index >= 15 is 0 Å². The molecule has 1 unspecified atom stereocenters. The highest BCUT2D eigenvalue weighted by Crippen LogP contribution is 2.27. The smallest absolute Gasteiger partial charge is 0.146 e. The third kappa shape index (κ3) is 2.78. The second kappa shape index (κ2) is 5.50. The maximum atomic E-state index is 14.0. The van der Waals surface area contributed by atoms with Gasteiger partial charge in [0.25, 0.3) is 0 Å². The highest BCUT2D eigenvalue weighted by molar-refractivity contribution is 5.50. The van der Waals surface area contributed by atoms with E-state index in [9.17, 15) is 4.39 Å². The van der Waals surface area contributed by atoms with Crippen molar-refractivity contribution in [2.24, 2.45) is 5.73 Å². The van der Waals surface area contributed by atoms with E-state index in [0.29, 0.717) is 12.5 Å². The van der Waals surface area contributed by atoms with Gasteiger partial charge in [-0.15, -0.1) is 0 Å². The zero-order valence-electron chi connectivity index (χ0n) is 10.5. The second-order valence-corrected chi connectivity index (χ2v) is 4.88. The summed E-state index contributed by atoms with van der Waals surface area (Å²) in [6.07, 6.45) is 3.25. The van der Waals surface area contributed by atoms with Gasteiger partial charge in [0.2, 0.25) is 0 Å². The van der Waals surface area contributed by atoms with Crippen LogP contribution in [-0.2, 0) is 0 Å². The molecule has 0 spiro atoms. The highest BCUT2D eigenvalue weighted by atomic mass is 19.1. The third-order valence-corrected chi connectivity index (χ3v) is 3.59. The lowest BCUT2D eigenvalue weighted by molar-refractivity contribution is 0.613. The fourth-order valence-electron chi connectivity index (χ4n) is 2.46. The zero-order chi connectivity index (χ0) is 12.3. The maximum absolute atomic E-state index is 14.0. The molecule has 1 aromatic carbocycles. The van der Waals surface area contributed by atoms with E-state index in [1.165, 1.54) is 12.8 Å². The van der Waals surface area contributed by atoms with Crippen LogP contribution in [0.15, 0.2) is 18.2 Å². The summed E-state index contributed by atoms with van der Waals surface area (Å²) in [5, 5.41) is 0. The lowest BCUT2D eigenvalue weighted by Crippen LogP contribution is -2.19. The number of nitrogens with two attached hydrogens (primary N) is 1. The summed E-state index contributed by atoms with van der Waals surface area (Å²) in [7, 11) is 0. The molecule has 0 aliphatic carbocycles. The molecule has 1 heterocycles. The van der Waals surface area contributed by atoms with Crippen LogP contribution >= 0.6 is 0 Å². The van der Waals surface area contributed by atoms with Crippen molar-refractivity contribution in [3.05, 3.63) is 29.6 Å². The Morgan fingerprint density at radius 2 is 2.06 bits per heavy atom. The Labute approximate surface area is 103 Å². The molecule has 17 heavy (non-hydrogen) atoms. The van der Waals surface area contributed by atoms with Gasteiger partial charge in [0.1, 0.15) is 5.82 Å². The van der Waals surface area contributed by atoms with Crippen molar-refractivity contribution in [3.63, 3.8) is 0 Å². The van der Waals surface area contributed by atoms with Crippen molar-refractivity contribution >= 4 is 5.69 Å². The molecule has 3 heteroatoms. The molecule has 1 fully saturated rings. The van der Waals surface area contributed by atoms with Gasteiger partial charge in [0.05, 0.1) is 5.69 Å². The molecule has 2 nitrogen and oxygen atoms in total. The second-order valence-electron chi connectivity index (χ2n) is 4.88. The molecule has 1 aliphatic heterocycles. The standard InChI is InChI=1S/C14H21FN2/c1-11(6-7-16)12-4-5-14(13(15)10-12)17-8-2-3-9-17/h4-5,10-11H,2-3,6-9,16H2,1H3. The number of anilines is 1. The lowest BCUT2D eigenvalue weighted by atomic mass is 9.97. The summed E-state index contributed by atoms with van der Waals surface area (Å²) in [4.78, 5) is 2.13. The number of benzene rings is 1.